The summed E-state index contributed by atoms with van der Waals surface area (Å²) in [4.78, 5) is 12.6. The molecule has 0 radical (unpaired) electrons. The number of carbonyl (C=O) groups is 1. The van der Waals surface area contributed by atoms with Crippen LogP contribution in [0.1, 0.15) is 25.8 Å². The molecule has 0 bridgehead atoms. The predicted molar refractivity (Wildman–Crippen MR) is 131 cm³/mol. The maximum absolute atomic E-state index is 12.6. The monoisotopic (exact) mass is 528 g/mol. The number of aromatic nitrogens is 2. The van der Waals surface area contributed by atoms with Crippen LogP contribution >= 0.6 is 11.6 Å². The second-order valence-electron chi connectivity index (χ2n) is 7.91. The summed E-state index contributed by atoms with van der Waals surface area (Å²) in [5, 5.41) is 18.7. The van der Waals surface area contributed by atoms with Gasteiger partial charge in [-0.3, -0.25) is 4.68 Å². The zero-order valence-electron chi connectivity index (χ0n) is 18.9. The third kappa shape index (κ3) is 4.63. The molecule has 2 amide bonds. The molecule has 0 spiro atoms. The third-order valence-corrected chi connectivity index (χ3v) is 8.99. The number of anilines is 1. The Bertz CT molecular complexity index is 1400. The Morgan fingerprint density at radius 1 is 1.15 bits per heavy atom. The summed E-state index contributed by atoms with van der Waals surface area (Å²) in [6, 6.07) is 10.5. The molecule has 184 valence electrons. The van der Waals surface area contributed by atoms with Crippen LogP contribution in [0, 0.1) is 0 Å². The van der Waals surface area contributed by atoms with E-state index in [-0.39, 0.29) is 9.40 Å². The fourth-order valence-corrected chi connectivity index (χ4v) is 6.90. The van der Waals surface area contributed by atoms with Gasteiger partial charge in [-0.15, -0.1) is 3.71 Å². The predicted octanol–water partition coefficient (Wildman–Crippen LogP) is 2.98. The molecule has 2 aromatic carbocycles. The topological polar surface area (TPSA) is 139 Å². The summed E-state index contributed by atoms with van der Waals surface area (Å²) in [6.45, 7) is 3.55. The van der Waals surface area contributed by atoms with Crippen molar-refractivity contribution in [1.82, 2.24) is 13.5 Å². The molecule has 0 saturated carbocycles. The van der Waals surface area contributed by atoms with Gasteiger partial charge < -0.3 is 10.4 Å². The van der Waals surface area contributed by atoms with Crippen LogP contribution in [0.3, 0.4) is 0 Å². The number of rotatable bonds is 7. The molecule has 2 unspecified atom stereocenters. The quantitative estimate of drug-likeness (QED) is 0.480. The van der Waals surface area contributed by atoms with Crippen LogP contribution in [0.2, 0.25) is 5.02 Å². The number of halogens is 1. The zero-order valence-corrected chi connectivity index (χ0v) is 21.3. The average molecular weight is 529 g/mol. The molecule has 10 nitrogen and oxygen atoms in total. The smallest absolute Gasteiger partial charge is 0.349 e. The largest absolute Gasteiger partial charge is 0.391 e. The van der Waals surface area contributed by atoms with Gasteiger partial charge >= 0.3 is 6.03 Å². The highest BCUT2D eigenvalue weighted by molar-refractivity contribution is 8.04. The first kappa shape index (κ1) is 25.9. The fraction of sp³-hybridized carbons (Fsp3) is 0.333. The van der Waals surface area contributed by atoms with Crippen molar-refractivity contribution in [3.05, 3.63) is 59.2 Å². The van der Waals surface area contributed by atoms with Crippen LogP contribution in [0.4, 0.5) is 10.5 Å². The molecule has 0 aliphatic heterocycles. The number of aliphatic hydroxyl groups excluding tert-OH is 1. The first-order valence-electron chi connectivity index (χ1n) is 10.2. The Labute approximate surface area is 203 Å². The Morgan fingerprint density at radius 2 is 1.74 bits per heavy atom. The van der Waals surface area contributed by atoms with Gasteiger partial charge in [0.15, 0.2) is 0 Å². The standard InChI is InChI=1S/C21H25ClN4O6S2/c1-5-21(14(2)27,15-9-11-16(22)12-10-15)25-19-8-6-7-18(17(19)13-23-25)24-20(28)26(33(3,29)30)34(4,31)32/h6-14,27H,5H2,1-4H3,(H,24,28). The lowest BCUT2D eigenvalue weighted by Crippen LogP contribution is -2.45. The van der Waals surface area contributed by atoms with Crippen molar-refractivity contribution < 1.29 is 26.7 Å². The number of urea groups is 1. The molecule has 0 aliphatic carbocycles. The summed E-state index contributed by atoms with van der Waals surface area (Å²) in [7, 11) is -8.80. The Morgan fingerprint density at radius 3 is 2.24 bits per heavy atom. The maximum atomic E-state index is 12.6. The highest BCUT2D eigenvalue weighted by Crippen LogP contribution is 2.38. The first-order valence-corrected chi connectivity index (χ1v) is 14.2. The van der Waals surface area contributed by atoms with Crippen LogP contribution < -0.4 is 5.32 Å². The summed E-state index contributed by atoms with van der Waals surface area (Å²) in [5.74, 6) is 0. The van der Waals surface area contributed by atoms with Gasteiger partial charge in [-0.1, -0.05) is 36.7 Å². The van der Waals surface area contributed by atoms with Crippen molar-refractivity contribution in [2.24, 2.45) is 0 Å². The molecular formula is C21H25ClN4O6S2. The zero-order chi connectivity index (χ0) is 25.5. The summed E-state index contributed by atoms with van der Waals surface area (Å²) in [5.41, 5.74) is 0.452. The van der Waals surface area contributed by atoms with Crippen molar-refractivity contribution in [2.75, 3.05) is 17.8 Å². The fourth-order valence-electron chi connectivity index (χ4n) is 4.11. The molecule has 0 fully saturated rings. The molecule has 13 heteroatoms. The van der Waals surface area contributed by atoms with Gasteiger partial charge in [0.25, 0.3) is 0 Å². The SMILES string of the molecule is CCC(c1ccc(Cl)cc1)(C(C)O)n1ncc2c(NC(=O)N(S(C)(=O)=O)S(C)(=O)=O)cccc21. The number of aliphatic hydroxyl groups is 1. The van der Waals surface area contributed by atoms with Crippen molar-refractivity contribution in [1.29, 1.82) is 0 Å². The molecule has 1 aromatic heterocycles. The number of nitrogens with zero attached hydrogens (tertiary/aromatic N) is 3. The summed E-state index contributed by atoms with van der Waals surface area (Å²) >= 11 is 6.05. The van der Waals surface area contributed by atoms with E-state index in [2.05, 4.69) is 10.4 Å². The summed E-state index contributed by atoms with van der Waals surface area (Å²) in [6.07, 6.45) is 2.27. The number of fused-ring (bicyclic) bond motifs is 1. The highest BCUT2D eigenvalue weighted by Gasteiger charge is 2.40. The normalized spacial score (nSPS) is 15.0. The van der Waals surface area contributed by atoms with Crippen LogP contribution in [0.25, 0.3) is 10.9 Å². The molecule has 2 atom stereocenters. The van der Waals surface area contributed by atoms with Gasteiger partial charge in [-0.2, -0.15) is 5.10 Å². The molecule has 2 N–H and O–H groups in total. The molecule has 0 aliphatic rings. The average Bonchev–Trinajstić information content (AvgIpc) is 3.13. The van der Waals surface area contributed by atoms with E-state index in [1.807, 2.05) is 6.92 Å². The van der Waals surface area contributed by atoms with E-state index < -0.39 is 37.7 Å². The Balaban J connectivity index is 2.16. The van der Waals surface area contributed by atoms with E-state index in [1.165, 1.54) is 12.3 Å². The number of nitrogens with one attached hydrogen (secondary N) is 1. The van der Waals surface area contributed by atoms with Gasteiger partial charge in [-0.05, 0) is 43.2 Å². The molecule has 3 rings (SSSR count). The van der Waals surface area contributed by atoms with Crippen molar-refractivity contribution in [3.63, 3.8) is 0 Å². The Hall–Kier alpha value is -2.67. The second-order valence-corrected chi connectivity index (χ2v) is 12.2. The lowest BCUT2D eigenvalue weighted by Gasteiger charge is -2.37. The van der Waals surface area contributed by atoms with Gasteiger partial charge in [-0.25, -0.2) is 21.6 Å². The van der Waals surface area contributed by atoms with E-state index in [0.29, 0.717) is 34.9 Å². The first-order chi connectivity index (χ1) is 15.7. The lowest BCUT2D eigenvalue weighted by molar-refractivity contribution is 0.0669. The number of carbonyl (C=O) groups excluding carboxylic acids is 1. The number of hydrogen-bond donors (Lipinski definition) is 2. The van der Waals surface area contributed by atoms with Crippen LogP contribution in [-0.4, -0.2) is 60.1 Å². The molecule has 0 saturated heterocycles. The van der Waals surface area contributed by atoms with Gasteiger partial charge in [0.2, 0.25) is 20.0 Å². The second kappa shape index (κ2) is 9.17. The van der Waals surface area contributed by atoms with Crippen LogP contribution in [0.15, 0.2) is 48.7 Å². The number of benzene rings is 2. The van der Waals surface area contributed by atoms with Crippen molar-refractivity contribution in [2.45, 2.75) is 31.9 Å². The number of hydrogen-bond acceptors (Lipinski definition) is 7. The van der Waals surface area contributed by atoms with E-state index in [1.54, 1.807) is 48.0 Å². The van der Waals surface area contributed by atoms with E-state index in [4.69, 9.17) is 11.6 Å². The minimum atomic E-state index is -4.40. The van der Waals surface area contributed by atoms with Crippen molar-refractivity contribution >= 4 is 54.3 Å². The molecular weight excluding hydrogens is 504 g/mol. The van der Waals surface area contributed by atoms with Gasteiger partial charge in [0.05, 0.1) is 36.0 Å². The lowest BCUT2D eigenvalue weighted by atomic mass is 9.82. The molecule has 34 heavy (non-hydrogen) atoms. The Kier molecular flexibility index (Phi) is 7.00. The third-order valence-electron chi connectivity index (χ3n) is 5.58. The van der Waals surface area contributed by atoms with Crippen LogP contribution in [-0.2, 0) is 25.6 Å². The van der Waals surface area contributed by atoms with Crippen LogP contribution in [0.5, 0.6) is 0 Å². The van der Waals surface area contributed by atoms with Gasteiger partial charge in [0, 0.05) is 10.4 Å². The minimum Gasteiger partial charge on any atom is -0.391 e. The number of sulfonamides is 2. The minimum absolute atomic E-state index is 0.151. The van der Waals surface area contributed by atoms with Crippen molar-refractivity contribution in [3.8, 4) is 0 Å². The van der Waals surface area contributed by atoms with E-state index in [9.17, 15) is 26.7 Å². The maximum Gasteiger partial charge on any atom is 0.349 e. The van der Waals surface area contributed by atoms with E-state index >= 15 is 0 Å². The molecule has 1 heterocycles. The number of amides is 2. The van der Waals surface area contributed by atoms with E-state index in [0.717, 1.165) is 5.56 Å². The van der Waals surface area contributed by atoms with Gasteiger partial charge in [0.1, 0.15) is 5.54 Å². The molecule has 3 aromatic rings. The highest BCUT2D eigenvalue weighted by atomic mass is 35.5. The summed E-state index contributed by atoms with van der Waals surface area (Å²) < 4.78 is 49.2.